The van der Waals surface area contributed by atoms with Crippen molar-refractivity contribution >= 4 is 10.2 Å². The second-order valence-electron chi connectivity index (χ2n) is 4.99. The molecule has 6 heteroatoms. The lowest BCUT2D eigenvalue weighted by Gasteiger charge is -2.36. The Morgan fingerprint density at radius 1 is 1.31 bits per heavy atom. The molecule has 1 saturated heterocycles. The molecule has 2 atom stereocenters. The fraction of sp³-hybridized carbons (Fsp3) is 1.00. The van der Waals surface area contributed by atoms with E-state index in [9.17, 15) is 8.42 Å². The van der Waals surface area contributed by atoms with Crippen LogP contribution >= 0.6 is 0 Å². The summed E-state index contributed by atoms with van der Waals surface area (Å²) in [5.41, 5.74) is 5.63. The molecule has 0 aromatic rings. The van der Waals surface area contributed by atoms with Crippen LogP contribution in [0.15, 0.2) is 0 Å². The molecule has 0 spiro atoms. The van der Waals surface area contributed by atoms with E-state index >= 15 is 0 Å². The van der Waals surface area contributed by atoms with E-state index < -0.39 is 10.2 Å². The Kier molecular flexibility index (Phi) is 3.53. The number of hydrogen-bond acceptors (Lipinski definition) is 3. The van der Waals surface area contributed by atoms with Crippen LogP contribution < -0.4 is 10.5 Å². The molecule has 0 aromatic heterocycles. The van der Waals surface area contributed by atoms with Gasteiger partial charge >= 0.3 is 0 Å². The van der Waals surface area contributed by atoms with Crippen molar-refractivity contribution in [1.82, 2.24) is 9.03 Å². The van der Waals surface area contributed by atoms with Crippen LogP contribution in [0.2, 0.25) is 0 Å². The monoisotopic (exact) mass is 247 g/mol. The highest BCUT2D eigenvalue weighted by atomic mass is 32.2. The van der Waals surface area contributed by atoms with Gasteiger partial charge in [0.2, 0.25) is 0 Å². The molecule has 16 heavy (non-hydrogen) atoms. The summed E-state index contributed by atoms with van der Waals surface area (Å²) in [4.78, 5) is 0. The molecule has 94 valence electrons. The number of hydrogen-bond donors (Lipinski definition) is 2. The van der Waals surface area contributed by atoms with Crippen molar-refractivity contribution in [2.75, 3.05) is 13.1 Å². The largest absolute Gasteiger partial charge is 0.330 e. The topological polar surface area (TPSA) is 75.4 Å². The molecule has 2 unspecified atom stereocenters. The third kappa shape index (κ3) is 2.74. The highest BCUT2D eigenvalue weighted by Crippen LogP contribution is 2.26. The van der Waals surface area contributed by atoms with Gasteiger partial charge in [-0.1, -0.05) is 0 Å². The maximum atomic E-state index is 12.1. The van der Waals surface area contributed by atoms with Crippen LogP contribution in [0.5, 0.6) is 0 Å². The first-order valence-corrected chi connectivity index (χ1v) is 7.46. The number of nitrogens with one attached hydrogen (secondary N) is 1. The van der Waals surface area contributed by atoms with Crippen LogP contribution in [0, 0.1) is 5.92 Å². The summed E-state index contributed by atoms with van der Waals surface area (Å²) in [5.74, 6) is 0.312. The molecule has 1 heterocycles. The fourth-order valence-corrected chi connectivity index (χ4v) is 3.93. The van der Waals surface area contributed by atoms with Crippen molar-refractivity contribution in [1.29, 1.82) is 0 Å². The maximum Gasteiger partial charge on any atom is 0.279 e. The molecule has 0 aromatic carbocycles. The van der Waals surface area contributed by atoms with Crippen molar-refractivity contribution in [2.45, 2.75) is 44.7 Å². The van der Waals surface area contributed by atoms with E-state index in [2.05, 4.69) is 4.72 Å². The Morgan fingerprint density at radius 3 is 2.56 bits per heavy atom. The van der Waals surface area contributed by atoms with E-state index in [1.807, 2.05) is 6.92 Å². The molecular formula is C10H21N3O2S. The van der Waals surface area contributed by atoms with Crippen molar-refractivity contribution in [2.24, 2.45) is 11.7 Å². The Bertz CT molecular complexity index is 340. The average molecular weight is 247 g/mol. The highest BCUT2D eigenvalue weighted by molar-refractivity contribution is 7.87. The molecule has 0 amide bonds. The summed E-state index contributed by atoms with van der Waals surface area (Å²) in [5, 5.41) is 0. The molecular weight excluding hydrogens is 226 g/mol. The number of nitrogens with zero attached hydrogens (tertiary/aromatic N) is 1. The van der Waals surface area contributed by atoms with E-state index in [0.717, 1.165) is 25.7 Å². The Labute approximate surface area is 97.6 Å². The van der Waals surface area contributed by atoms with Gasteiger partial charge in [-0.3, -0.25) is 0 Å². The van der Waals surface area contributed by atoms with Gasteiger partial charge in [0.25, 0.3) is 10.2 Å². The van der Waals surface area contributed by atoms with Gasteiger partial charge < -0.3 is 5.73 Å². The maximum absolute atomic E-state index is 12.1. The summed E-state index contributed by atoms with van der Waals surface area (Å²) >= 11 is 0. The Balaban J connectivity index is 2.04. The quantitative estimate of drug-likeness (QED) is 0.736. The first kappa shape index (κ1) is 12.3. The summed E-state index contributed by atoms with van der Waals surface area (Å²) in [7, 11) is -3.28. The molecule has 2 fully saturated rings. The van der Waals surface area contributed by atoms with Crippen molar-refractivity contribution < 1.29 is 8.42 Å². The van der Waals surface area contributed by atoms with E-state index in [1.54, 1.807) is 4.31 Å². The zero-order valence-electron chi connectivity index (χ0n) is 9.72. The number of nitrogens with two attached hydrogens (primary N) is 1. The molecule has 2 aliphatic rings. The minimum absolute atomic E-state index is 0.0963. The second-order valence-corrected chi connectivity index (χ2v) is 6.65. The lowest BCUT2D eigenvalue weighted by atomic mass is 9.96. The Hall–Kier alpha value is -0.170. The van der Waals surface area contributed by atoms with Crippen LogP contribution in [-0.2, 0) is 10.2 Å². The summed E-state index contributed by atoms with van der Waals surface area (Å²) < 4.78 is 28.5. The first-order chi connectivity index (χ1) is 7.53. The summed E-state index contributed by atoms with van der Waals surface area (Å²) in [6.07, 6.45) is 3.89. The minimum atomic E-state index is -3.28. The molecule has 0 bridgehead atoms. The van der Waals surface area contributed by atoms with Crippen LogP contribution in [0.4, 0.5) is 0 Å². The van der Waals surface area contributed by atoms with Crippen LogP contribution in [0.25, 0.3) is 0 Å². The molecule has 1 aliphatic heterocycles. The van der Waals surface area contributed by atoms with Gasteiger partial charge in [-0.05, 0) is 45.1 Å². The van der Waals surface area contributed by atoms with Gasteiger partial charge in [0.15, 0.2) is 0 Å². The predicted molar refractivity (Wildman–Crippen MR) is 63.0 cm³/mol. The minimum Gasteiger partial charge on any atom is -0.330 e. The highest BCUT2D eigenvalue weighted by Gasteiger charge is 2.36. The number of rotatable bonds is 4. The summed E-state index contributed by atoms with van der Waals surface area (Å²) in [6.45, 7) is 3.11. The molecule has 1 aliphatic carbocycles. The first-order valence-electron chi connectivity index (χ1n) is 6.02. The van der Waals surface area contributed by atoms with Gasteiger partial charge in [-0.15, -0.1) is 0 Å². The molecule has 3 N–H and O–H groups in total. The zero-order chi connectivity index (χ0) is 11.8. The summed E-state index contributed by atoms with van der Waals surface area (Å²) in [6, 6.07) is 0.273. The van der Waals surface area contributed by atoms with Crippen LogP contribution in [0.3, 0.4) is 0 Å². The molecule has 2 rings (SSSR count). The average Bonchev–Trinajstić information content (AvgIpc) is 3.01. The van der Waals surface area contributed by atoms with Crippen LogP contribution in [-0.4, -0.2) is 37.9 Å². The number of piperidine rings is 1. The normalized spacial score (nSPS) is 32.9. The van der Waals surface area contributed by atoms with Gasteiger partial charge in [0, 0.05) is 18.6 Å². The van der Waals surface area contributed by atoms with Crippen molar-refractivity contribution in [3.63, 3.8) is 0 Å². The van der Waals surface area contributed by atoms with E-state index in [1.165, 1.54) is 0 Å². The van der Waals surface area contributed by atoms with Gasteiger partial charge in [-0.2, -0.15) is 17.4 Å². The molecule has 5 nitrogen and oxygen atoms in total. The SMILES string of the molecule is CC1CCC(CN)CN1S(=O)(=O)NC1CC1. The van der Waals surface area contributed by atoms with Gasteiger partial charge in [0.1, 0.15) is 0 Å². The van der Waals surface area contributed by atoms with Gasteiger partial charge in [-0.25, -0.2) is 0 Å². The van der Waals surface area contributed by atoms with E-state index in [4.69, 9.17) is 5.73 Å². The Morgan fingerprint density at radius 2 is 2.00 bits per heavy atom. The molecule has 0 radical (unpaired) electrons. The van der Waals surface area contributed by atoms with E-state index in [-0.39, 0.29) is 12.1 Å². The van der Waals surface area contributed by atoms with Crippen molar-refractivity contribution in [3.8, 4) is 0 Å². The third-order valence-electron chi connectivity index (χ3n) is 3.46. The standard InChI is InChI=1S/C10H21N3O2S/c1-8-2-3-9(6-11)7-13(8)16(14,15)12-10-4-5-10/h8-10,12H,2-7,11H2,1H3. The van der Waals surface area contributed by atoms with Crippen LogP contribution in [0.1, 0.15) is 32.6 Å². The smallest absolute Gasteiger partial charge is 0.279 e. The van der Waals surface area contributed by atoms with Gasteiger partial charge in [0.05, 0.1) is 0 Å². The third-order valence-corrected chi connectivity index (χ3v) is 5.22. The molecule has 1 saturated carbocycles. The van der Waals surface area contributed by atoms with E-state index in [0.29, 0.717) is 19.0 Å². The second kappa shape index (κ2) is 4.60. The van der Waals surface area contributed by atoms with Crippen molar-refractivity contribution in [3.05, 3.63) is 0 Å². The predicted octanol–water partition coefficient (Wildman–Crippen LogP) is 0.0424. The lowest BCUT2D eigenvalue weighted by Crippen LogP contribution is -2.51. The fourth-order valence-electron chi connectivity index (χ4n) is 2.15. The zero-order valence-corrected chi connectivity index (χ0v) is 10.5. The lowest BCUT2D eigenvalue weighted by molar-refractivity contribution is 0.209.